The Morgan fingerprint density at radius 1 is 0.966 bits per heavy atom. The maximum atomic E-state index is 12.9. The Morgan fingerprint density at radius 3 is 2.21 bits per heavy atom. The van der Waals surface area contributed by atoms with Crippen LogP contribution in [0, 0.1) is 0 Å². The molecule has 1 aliphatic rings. The summed E-state index contributed by atoms with van der Waals surface area (Å²) in [5.41, 5.74) is 0.249. The SMILES string of the molecule is CC(C)Oc1ccc(C2=C(Cl)C(=O)N(c3cccc(OC(F)(F)F)c3)C2=O)cc1. The standard InChI is InChI=1S/C20H15ClF3NO4/c1-11(2)28-14-8-6-12(7-9-14)16-17(21)19(27)25(18(16)26)13-4-3-5-15(10-13)29-20(22,23)24/h3-11H,1-2H3. The molecule has 0 radical (unpaired) electrons. The van der Waals surface area contributed by atoms with E-state index in [4.69, 9.17) is 16.3 Å². The van der Waals surface area contributed by atoms with Gasteiger partial charge in [-0.15, -0.1) is 13.2 Å². The van der Waals surface area contributed by atoms with Crippen LogP contribution in [-0.2, 0) is 9.59 Å². The normalized spacial score (nSPS) is 14.8. The van der Waals surface area contributed by atoms with Crippen LogP contribution in [0.1, 0.15) is 19.4 Å². The predicted octanol–water partition coefficient (Wildman–Crippen LogP) is 4.90. The number of amides is 2. The summed E-state index contributed by atoms with van der Waals surface area (Å²) in [4.78, 5) is 26.1. The average molecular weight is 426 g/mol. The summed E-state index contributed by atoms with van der Waals surface area (Å²) in [7, 11) is 0. The van der Waals surface area contributed by atoms with Crippen LogP contribution in [0.3, 0.4) is 0 Å². The van der Waals surface area contributed by atoms with Gasteiger partial charge in [0.25, 0.3) is 11.8 Å². The lowest BCUT2D eigenvalue weighted by Gasteiger charge is -2.17. The van der Waals surface area contributed by atoms with Crippen LogP contribution in [0.2, 0.25) is 0 Å². The van der Waals surface area contributed by atoms with Crippen molar-refractivity contribution in [3.05, 3.63) is 59.1 Å². The van der Waals surface area contributed by atoms with Gasteiger partial charge >= 0.3 is 6.36 Å². The van der Waals surface area contributed by atoms with Crippen molar-refractivity contribution in [2.75, 3.05) is 4.90 Å². The fraction of sp³-hybridized carbons (Fsp3) is 0.200. The Bertz CT molecular complexity index is 984. The first kappa shape index (κ1) is 20.7. The molecular formula is C20H15ClF3NO4. The molecule has 0 N–H and O–H groups in total. The lowest BCUT2D eigenvalue weighted by Crippen LogP contribution is -2.31. The van der Waals surface area contributed by atoms with E-state index in [-0.39, 0.29) is 22.4 Å². The Kier molecular flexibility index (Phi) is 5.57. The number of rotatable bonds is 5. The monoisotopic (exact) mass is 425 g/mol. The Labute approximate surface area is 169 Å². The summed E-state index contributed by atoms with van der Waals surface area (Å²) in [5.74, 6) is -1.57. The van der Waals surface area contributed by atoms with Gasteiger partial charge in [0, 0.05) is 6.07 Å². The summed E-state index contributed by atoms with van der Waals surface area (Å²) in [5, 5.41) is -0.324. The van der Waals surface area contributed by atoms with E-state index in [1.807, 2.05) is 13.8 Å². The van der Waals surface area contributed by atoms with Crippen LogP contribution >= 0.6 is 11.6 Å². The first-order chi connectivity index (χ1) is 13.6. The van der Waals surface area contributed by atoms with E-state index in [9.17, 15) is 22.8 Å². The molecule has 1 aliphatic heterocycles. The molecule has 5 nitrogen and oxygen atoms in total. The van der Waals surface area contributed by atoms with Crippen molar-refractivity contribution in [2.24, 2.45) is 0 Å². The van der Waals surface area contributed by atoms with Gasteiger partial charge in [-0.3, -0.25) is 9.59 Å². The zero-order valence-electron chi connectivity index (χ0n) is 15.3. The minimum Gasteiger partial charge on any atom is -0.491 e. The highest BCUT2D eigenvalue weighted by Gasteiger charge is 2.39. The van der Waals surface area contributed by atoms with E-state index in [0.29, 0.717) is 16.2 Å². The van der Waals surface area contributed by atoms with Gasteiger partial charge in [-0.05, 0) is 43.7 Å². The van der Waals surface area contributed by atoms with Crippen LogP contribution in [0.15, 0.2) is 53.6 Å². The number of halogens is 4. The van der Waals surface area contributed by atoms with Gasteiger partial charge in [0.05, 0.1) is 17.4 Å². The lowest BCUT2D eigenvalue weighted by atomic mass is 10.1. The van der Waals surface area contributed by atoms with E-state index in [1.165, 1.54) is 12.1 Å². The molecular weight excluding hydrogens is 411 g/mol. The molecule has 0 fully saturated rings. The van der Waals surface area contributed by atoms with Crippen molar-refractivity contribution < 1.29 is 32.2 Å². The third-order valence-electron chi connectivity index (χ3n) is 3.85. The van der Waals surface area contributed by atoms with Crippen LogP contribution in [0.4, 0.5) is 18.9 Å². The first-order valence-electron chi connectivity index (χ1n) is 8.48. The molecule has 0 unspecified atom stereocenters. The van der Waals surface area contributed by atoms with Crippen molar-refractivity contribution in [3.8, 4) is 11.5 Å². The molecule has 0 saturated carbocycles. The molecule has 2 aromatic rings. The van der Waals surface area contributed by atoms with Crippen molar-refractivity contribution in [3.63, 3.8) is 0 Å². The van der Waals surface area contributed by atoms with E-state index >= 15 is 0 Å². The predicted molar refractivity (Wildman–Crippen MR) is 101 cm³/mol. The van der Waals surface area contributed by atoms with Gasteiger partial charge in [0.2, 0.25) is 0 Å². The summed E-state index contributed by atoms with van der Waals surface area (Å²) >= 11 is 6.10. The number of hydrogen-bond acceptors (Lipinski definition) is 4. The van der Waals surface area contributed by atoms with Gasteiger partial charge in [0.15, 0.2) is 0 Å². The maximum Gasteiger partial charge on any atom is 0.573 e. The Balaban J connectivity index is 1.90. The number of carbonyl (C=O) groups is 2. The molecule has 3 rings (SSSR count). The van der Waals surface area contributed by atoms with E-state index < -0.39 is 23.9 Å². The molecule has 0 saturated heterocycles. The highest BCUT2D eigenvalue weighted by atomic mass is 35.5. The lowest BCUT2D eigenvalue weighted by molar-refractivity contribution is -0.274. The van der Waals surface area contributed by atoms with Crippen LogP contribution in [0.5, 0.6) is 11.5 Å². The van der Waals surface area contributed by atoms with E-state index in [0.717, 1.165) is 12.1 Å². The number of ether oxygens (including phenoxy) is 2. The quantitative estimate of drug-likeness (QED) is 0.640. The second-order valence-corrected chi connectivity index (χ2v) is 6.75. The Morgan fingerprint density at radius 2 is 1.62 bits per heavy atom. The minimum absolute atomic E-state index is 0.0416. The summed E-state index contributed by atoms with van der Waals surface area (Å²) < 4.78 is 46.7. The van der Waals surface area contributed by atoms with Crippen molar-refractivity contribution in [1.29, 1.82) is 0 Å². The highest BCUT2D eigenvalue weighted by molar-refractivity contribution is 6.60. The fourth-order valence-corrected chi connectivity index (χ4v) is 3.05. The number of carbonyl (C=O) groups excluding carboxylic acids is 2. The van der Waals surface area contributed by atoms with Crippen LogP contribution in [-0.4, -0.2) is 24.3 Å². The molecule has 2 amide bonds. The van der Waals surface area contributed by atoms with Crippen molar-refractivity contribution in [2.45, 2.75) is 26.3 Å². The third kappa shape index (κ3) is 4.54. The molecule has 0 aromatic heterocycles. The number of alkyl halides is 3. The van der Waals surface area contributed by atoms with Crippen molar-refractivity contribution >= 4 is 34.7 Å². The molecule has 2 aromatic carbocycles. The number of anilines is 1. The van der Waals surface area contributed by atoms with Gasteiger partial charge in [-0.2, -0.15) is 0 Å². The topological polar surface area (TPSA) is 55.8 Å². The molecule has 0 atom stereocenters. The minimum atomic E-state index is -4.90. The van der Waals surface area contributed by atoms with Crippen molar-refractivity contribution in [1.82, 2.24) is 0 Å². The number of nitrogens with zero attached hydrogens (tertiary/aromatic N) is 1. The average Bonchev–Trinajstić information content (AvgIpc) is 2.83. The van der Waals surface area contributed by atoms with Crippen LogP contribution in [0.25, 0.3) is 5.57 Å². The van der Waals surface area contributed by atoms with E-state index in [1.54, 1.807) is 24.3 Å². The zero-order chi connectivity index (χ0) is 21.3. The number of imide groups is 1. The zero-order valence-corrected chi connectivity index (χ0v) is 16.0. The second kappa shape index (κ2) is 7.79. The molecule has 29 heavy (non-hydrogen) atoms. The largest absolute Gasteiger partial charge is 0.573 e. The number of benzene rings is 2. The van der Waals surface area contributed by atoms with Gasteiger partial charge in [0.1, 0.15) is 16.5 Å². The highest BCUT2D eigenvalue weighted by Crippen LogP contribution is 2.37. The smallest absolute Gasteiger partial charge is 0.491 e. The molecule has 152 valence electrons. The second-order valence-electron chi connectivity index (χ2n) is 6.37. The van der Waals surface area contributed by atoms with Crippen LogP contribution < -0.4 is 14.4 Å². The third-order valence-corrected chi connectivity index (χ3v) is 4.20. The molecule has 9 heteroatoms. The summed E-state index contributed by atoms with van der Waals surface area (Å²) in [6, 6.07) is 11.0. The fourth-order valence-electron chi connectivity index (χ4n) is 2.78. The van der Waals surface area contributed by atoms with E-state index in [2.05, 4.69) is 4.74 Å². The summed E-state index contributed by atoms with van der Waals surface area (Å²) in [6.45, 7) is 3.72. The maximum absolute atomic E-state index is 12.9. The first-order valence-corrected chi connectivity index (χ1v) is 8.86. The number of hydrogen-bond donors (Lipinski definition) is 0. The van der Waals surface area contributed by atoms with Gasteiger partial charge < -0.3 is 9.47 Å². The molecule has 1 heterocycles. The molecule has 0 bridgehead atoms. The molecule has 0 aliphatic carbocycles. The summed E-state index contributed by atoms with van der Waals surface area (Å²) in [6.07, 6.45) is -4.95. The Hall–Kier alpha value is -3.00. The molecule has 0 spiro atoms. The van der Waals surface area contributed by atoms with Gasteiger partial charge in [-0.25, -0.2) is 4.90 Å². The van der Waals surface area contributed by atoms with Gasteiger partial charge in [-0.1, -0.05) is 29.8 Å².